The van der Waals surface area contributed by atoms with Crippen molar-refractivity contribution in [2.45, 2.75) is 258 Å². The number of phosphoric ester groups is 1. The molecule has 10 heteroatoms. The number of hydrogen-bond donors (Lipinski definition) is 1. The van der Waals surface area contributed by atoms with E-state index in [-0.39, 0.29) is 25.4 Å². The van der Waals surface area contributed by atoms with Crippen molar-refractivity contribution in [3.63, 3.8) is 0 Å². The molecule has 0 bridgehead atoms. The Kier molecular flexibility index (Phi) is 57.0. The molecular weight excluding hydrogens is 1040 g/mol. The number of rotatable bonds is 57. The van der Waals surface area contributed by atoms with Crippen LogP contribution in [0.25, 0.3) is 0 Å². The monoisotopic (exact) mass is 1160 g/mol. The lowest BCUT2D eigenvalue weighted by atomic mass is 10.0. The molecule has 0 aromatic rings. The third kappa shape index (κ3) is 60.5. The fourth-order valence-electron chi connectivity index (χ4n) is 8.56. The van der Waals surface area contributed by atoms with Crippen LogP contribution < -0.4 is 10.2 Å². The van der Waals surface area contributed by atoms with Gasteiger partial charge in [-0.05, 0) is 122 Å². The van der Waals surface area contributed by atoms with Gasteiger partial charge >= 0.3 is 5.97 Å². The molecule has 3 atom stereocenters. The van der Waals surface area contributed by atoms with Gasteiger partial charge in [-0.3, -0.25) is 14.2 Å². The van der Waals surface area contributed by atoms with E-state index >= 15 is 0 Å². The van der Waals surface area contributed by atoms with Crippen LogP contribution in [0.15, 0.2) is 146 Å². The highest BCUT2D eigenvalue weighted by Crippen LogP contribution is 2.38. The van der Waals surface area contributed by atoms with E-state index < -0.39 is 32.5 Å². The Balaban J connectivity index is 5.23. The molecule has 1 N–H and O–H groups in total. The zero-order chi connectivity index (χ0) is 60.0. The number of allylic oxidation sites excluding steroid dienone is 23. The van der Waals surface area contributed by atoms with Gasteiger partial charge in [-0.15, -0.1) is 0 Å². The van der Waals surface area contributed by atoms with E-state index in [9.17, 15) is 19.0 Å². The molecule has 0 aliphatic heterocycles. The SMILES string of the molecule is CC/C=C\C/C=C\C/C=C\C/C=C\C/C=C\C/C=C\CCCCCCCCCCC(=O)NC(COP(=O)([O-])OCC[N+](C)(C)C)C(/C=C\CCCCCCCCCCCC)OC(=O)CCC/C=C\C/C=C\C/C=C\C/C=C\C/C=C\CC. The standard InChI is InChI=1S/C72H121N2O7P/c1-7-10-13-16-19-22-25-28-30-32-33-34-35-36-37-38-39-40-41-43-44-46-49-52-55-58-61-64-71(75)73-69(68-80-82(77,78)79-67-66-74(4,5)6)70(63-60-57-54-51-48-27-24-21-18-15-12-9-3)81-72(76)65-62-59-56-53-50-47-45-42-31-29-26-23-20-17-14-11-8-2/h10-11,13-14,19-20,22-23,28-31,33-34,36-37,39-40,45,47,53,56,60,63,69-70H,7-9,12,15-18,21,24-27,32,35,38,41-44,46,48-52,54-55,57-59,61-62,64-68H2,1-6H3,(H-,73,75,77,78)/b13-10-,14-11-,22-19-,23-20-,30-28-,31-29-,34-33-,37-36-,40-39-,47-45-,56-53-,63-60-. The van der Waals surface area contributed by atoms with Gasteiger partial charge in [-0.1, -0.05) is 257 Å². The van der Waals surface area contributed by atoms with E-state index in [4.69, 9.17) is 13.8 Å². The fourth-order valence-corrected chi connectivity index (χ4v) is 9.28. The molecule has 466 valence electrons. The summed E-state index contributed by atoms with van der Waals surface area (Å²) in [5.41, 5.74) is 0. The van der Waals surface area contributed by atoms with E-state index in [0.29, 0.717) is 23.9 Å². The summed E-state index contributed by atoms with van der Waals surface area (Å²) in [4.78, 5) is 40.0. The van der Waals surface area contributed by atoms with Gasteiger partial charge in [0.25, 0.3) is 7.82 Å². The van der Waals surface area contributed by atoms with Crippen LogP contribution in [-0.2, 0) is 27.9 Å². The van der Waals surface area contributed by atoms with Gasteiger partial charge in [0.1, 0.15) is 19.3 Å². The molecule has 0 saturated heterocycles. The lowest BCUT2D eigenvalue weighted by Gasteiger charge is -2.30. The summed E-state index contributed by atoms with van der Waals surface area (Å²) in [5.74, 6) is -0.629. The van der Waals surface area contributed by atoms with Gasteiger partial charge in [0.2, 0.25) is 5.91 Å². The fraction of sp³-hybridized carbons (Fsp3) is 0.639. The first-order chi connectivity index (χ1) is 39.9. The van der Waals surface area contributed by atoms with Gasteiger partial charge in [0.05, 0.1) is 33.8 Å². The molecule has 0 saturated carbocycles. The minimum Gasteiger partial charge on any atom is -0.756 e. The lowest BCUT2D eigenvalue weighted by Crippen LogP contribution is -2.47. The molecule has 82 heavy (non-hydrogen) atoms. The van der Waals surface area contributed by atoms with E-state index in [1.54, 1.807) is 0 Å². The molecule has 0 aromatic carbocycles. The zero-order valence-corrected chi connectivity index (χ0v) is 54.0. The van der Waals surface area contributed by atoms with Crippen LogP contribution in [0.4, 0.5) is 0 Å². The molecule has 0 aliphatic rings. The number of nitrogens with one attached hydrogen (secondary N) is 1. The second-order valence-electron chi connectivity index (χ2n) is 22.5. The number of esters is 1. The minimum atomic E-state index is -4.73. The molecule has 0 heterocycles. The van der Waals surface area contributed by atoms with Crippen LogP contribution in [0.5, 0.6) is 0 Å². The first-order valence-electron chi connectivity index (χ1n) is 32.6. The first kappa shape index (κ1) is 77.9. The molecule has 0 fully saturated rings. The smallest absolute Gasteiger partial charge is 0.306 e. The summed E-state index contributed by atoms with van der Waals surface area (Å²) in [5, 5.41) is 3.01. The number of carbonyl (C=O) groups excluding carboxylic acids is 2. The zero-order valence-electron chi connectivity index (χ0n) is 53.1. The summed E-state index contributed by atoms with van der Waals surface area (Å²) in [6, 6.07) is -0.927. The third-order valence-electron chi connectivity index (χ3n) is 13.5. The molecule has 3 unspecified atom stereocenters. The van der Waals surface area contributed by atoms with Crippen LogP contribution in [0.2, 0.25) is 0 Å². The van der Waals surface area contributed by atoms with Crippen molar-refractivity contribution in [3.05, 3.63) is 146 Å². The van der Waals surface area contributed by atoms with Crippen molar-refractivity contribution in [2.24, 2.45) is 0 Å². The van der Waals surface area contributed by atoms with E-state index in [2.05, 4.69) is 160 Å². The second kappa shape index (κ2) is 60.0. The number of amides is 1. The maximum atomic E-state index is 13.6. The Labute approximate surface area is 504 Å². The van der Waals surface area contributed by atoms with Gasteiger partial charge in [-0.25, -0.2) is 0 Å². The summed E-state index contributed by atoms with van der Waals surface area (Å²) in [6.07, 6.45) is 86.8. The average molecular weight is 1160 g/mol. The van der Waals surface area contributed by atoms with E-state index in [1.165, 1.54) is 77.0 Å². The Bertz CT molecular complexity index is 1910. The predicted molar refractivity (Wildman–Crippen MR) is 353 cm³/mol. The van der Waals surface area contributed by atoms with Crippen molar-refractivity contribution in [1.29, 1.82) is 0 Å². The normalized spacial score (nSPS) is 14.6. The highest BCUT2D eigenvalue weighted by Gasteiger charge is 2.27. The highest BCUT2D eigenvalue weighted by molar-refractivity contribution is 7.45. The van der Waals surface area contributed by atoms with Crippen molar-refractivity contribution in [2.75, 3.05) is 40.9 Å². The number of ether oxygens (including phenoxy) is 1. The molecule has 9 nitrogen and oxygen atoms in total. The number of likely N-dealkylation sites (N-methyl/N-ethyl adjacent to an activating group) is 1. The molecule has 1 amide bonds. The lowest BCUT2D eigenvalue weighted by molar-refractivity contribution is -0.870. The van der Waals surface area contributed by atoms with Crippen molar-refractivity contribution in [3.8, 4) is 0 Å². The summed E-state index contributed by atoms with van der Waals surface area (Å²) in [6.45, 7) is 6.55. The van der Waals surface area contributed by atoms with Crippen molar-refractivity contribution < 1.29 is 37.3 Å². The number of phosphoric acid groups is 1. The Morgan fingerprint density at radius 2 is 0.793 bits per heavy atom. The predicted octanol–water partition coefficient (Wildman–Crippen LogP) is 20.0. The molecule has 0 spiro atoms. The number of carbonyl (C=O) groups is 2. The number of unbranched alkanes of at least 4 members (excludes halogenated alkanes) is 19. The maximum Gasteiger partial charge on any atom is 0.306 e. The summed E-state index contributed by atoms with van der Waals surface area (Å²) < 4.78 is 30.3. The van der Waals surface area contributed by atoms with E-state index in [0.717, 1.165) is 122 Å². The quantitative estimate of drug-likeness (QED) is 0.0212. The van der Waals surface area contributed by atoms with Crippen LogP contribution >= 0.6 is 7.82 Å². The van der Waals surface area contributed by atoms with Crippen LogP contribution in [0.1, 0.15) is 245 Å². The average Bonchev–Trinajstić information content (AvgIpc) is 3.47. The van der Waals surface area contributed by atoms with Gasteiger partial charge in [0.15, 0.2) is 0 Å². The first-order valence-corrected chi connectivity index (χ1v) is 34.1. The van der Waals surface area contributed by atoms with Crippen LogP contribution in [-0.4, -0.2) is 69.4 Å². The topological polar surface area (TPSA) is 114 Å². The summed E-state index contributed by atoms with van der Waals surface area (Å²) in [7, 11) is 1.13. The van der Waals surface area contributed by atoms with Crippen LogP contribution in [0.3, 0.4) is 0 Å². The summed E-state index contributed by atoms with van der Waals surface area (Å²) >= 11 is 0. The molecule has 0 aromatic heterocycles. The molecular formula is C72H121N2O7P. The largest absolute Gasteiger partial charge is 0.756 e. The maximum absolute atomic E-state index is 13.6. The number of quaternary nitrogens is 1. The van der Waals surface area contributed by atoms with Gasteiger partial charge < -0.3 is 28.5 Å². The number of hydrogen-bond acceptors (Lipinski definition) is 7. The minimum absolute atomic E-state index is 0.0410. The second-order valence-corrected chi connectivity index (χ2v) is 23.9. The Morgan fingerprint density at radius 1 is 0.439 bits per heavy atom. The van der Waals surface area contributed by atoms with Crippen molar-refractivity contribution in [1.82, 2.24) is 5.32 Å². The number of nitrogens with zero attached hydrogens (tertiary/aromatic N) is 1. The third-order valence-corrected chi connectivity index (χ3v) is 14.5. The van der Waals surface area contributed by atoms with Crippen LogP contribution in [0, 0.1) is 0 Å². The van der Waals surface area contributed by atoms with Gasteiger partial charge in [0, 0.05) is 12.8 Å². The molecule has 0 radical (unpaired) electrons. The van der Waals surface area contributed by atoms with Crippen molar-refractivity contribution >= 4 is 19.7 Å². The van der Waals surface area contributed by atoms with E-state index in [1.807, 2.05) is 33.3 Å². The van der Waals surface area contributed by atoms with Gasteiger partial charge in [-0.2, -0.15) is 0 Å². The molecule has 0 rings (SSSR count). The molecule has 0 aliphatic carbocycles. The Hall–Kier alpha value is -4.11. The highest BCUT2D eigenvalue weighted by atomic mass is 31.2. The Morgan fingerprint density at radius 3 is 1.20 bits per heavy atom.